The van der Waals surface area contributed by atoms with E-state index in [0.29, 0.717) is 23.8 Å². The van der Waals surface area contributed by atoms with E-state index in [2.05, 4.69) is 4.98 Å². The summed E-state index contributed by atoms with van der Waals surface area (Å²) < 4.78 is 0. The molecule has 1 saturated heterocycles. The fraction of sp³-hybridized carbons (Fsp3) is 0.500. The molecule has 7 heteroatoms. The van der Waals surface area contributed by atoms with Crippen molar-refractivity contribution < 1.29 is 14.7 Å². The van der Waals surface area contributed by atoms with Crippen molar-refractivity contribution in [3.8, 4) is 0 Å². The van der Waals surface area contributed by atoms with Gasteiger partial charge in [-0.05, 0) is 12.8 Å². The van der Waals surface area contributed by atoms with Gasteiger partial charge in [0.1, 0.15) is 6.04 Å². The van der Waals surface area contributed by atoms with Crippen molar-refractivity contribution >= 4 is 28.3 Å². The van der Waals surface area contributed by atoms with Crippen molar-refractivity contribution in [2.45, 2.75) is 25.3 Å². The molecule has 2 rings (SSSR count). The summed E-state index contributed by atoms with van der Waals surface area (Å²) in [5.41, 5.74) is 6.08. The fourth-order valence-corrected chi connectivity index (χ4v) is 2.55. The van der Waals surface area contributed by atoms with E-state index < -0.39 is 12.0 Å². The van der Waals surface area contributed by atoms with Gasteiger partial charge >= 0.3 is 5.97 Å². The molecule has 3 N–H and O–H groups in total. The molecule has 1 aliphatic rings. The van der Waals surface area contributed by atoms with Gasteiger partial charge in [-0.15, -0.1) is 11.3 Å². The molecule has 0 aliphatic carbocycles. The Hall–Kier alpha value is -1.63. The van der Waals surface area contributed by atoms with Crippen LogP contribution in [0.1, 0.15) is 18.5 Å². The van der Waals surface area contributed by atoms with E-state index in [9.17, 15) is 9.59 Å². The predicted molar refractivity (Wildman–Crippen MR) is 62.6 cm³/mol. The number of carbonyl (C=O) groups excluding carboxylic acids is 1. The second-order valence-electron chi connectivity index (χ2n) is 3.94. The maximum atomic E-state index is 11.9. The number of carboxylic acids is 1. The minimum atomic E-state index is -0.936. The number of carboxylic acid groups (broad SMARTS) is 1. The zero-order valence-corrected chi connectivity index (χ0v) is 9.94. The standard InChI is InChI=1S/C10H13N3O3S/c11-10-12-6(5-17-10)4-8(14)13-3-1-2-7(13)9(15)16/h5,7H,1-4H2,(H2,11,12)(H,15,16). The molecule has 0 saturated carbocycles. The van der Waals surface area contributed by atoms with Crippen LogP contribution >= 0.6 is 11.3 Å². The Kier molecular flexibility index (Phi) is 3.28. The SMILES string of the molecule is Nc1nc(CC(=O)N2CCCC2C(=O)O)cs1. The van der Waals surface area contributed by atoms with E-state index in [1.807, 2.05) is 0 Å². The summed E-state index contributed by atoms with van der Waals surface area (Å²) in [5.74, 6) is -1.13. The van der Waals surface area contributed by atoms with Crippen molar-refractivity contribution in [2.24, 2.45) is 0 Å². The Morgan fingerprint density at radius 1 is 1.65 bits per heavy atom. The molecule has 1 unspecified atom stereocenters. The smallest absolute Gasteiger partial charge is 0.326 e. The first kappa shape index (κ1) is 11.8. The number of hydrogen-bond donors (Lipinski definition) is 2. The number of nitrogen functional groups attached to an aromatic ring is 1. The normalized spacial score (nSPS) is 19.5. The first-order valence-corrected chi connectivity index (χ1v) is 6.18. The summed E-state index contributed by atoms with van der Waals surface area (Å²) in [4.78, 5) is 28.3. The summed E-state index contributed by atoms with van der Waals surface area (Å²) in [6.45, 7) is 0.509. The second kappa shape index (κ2) is 4.70. The third kappa shape index (κ3) is 2.55. The lowest BCUT2D eigenvalue weighted by atomic mass is 10.2. The molecule has 0 radical (unpaired) electrons. The van der Waals surface area contributed by atoms with Crippen molar-refractivity contribution in [1.29, 1.82) is 0 Å². The molecule has 1 aromatic rings. The van der Waals surface area contributed by atoms with E-state index in [0.717, 1.165) is 6.42 Å². The lowest BCUT2D eigenvalue weighted by molar-refractivity contribution is -0.148. The van der Waals surface area contributed by atoms with Gasteiger partial charge in [-0.25, -0.2) is 9.78 Å². The van der Waals surface area contributed by atoms with E-state index in [-0.39, 0.29) is 12.3 Å². The van der Waals surface area contributed by atoms with Gasteiger partial charge in [0.05, 0.1) is 12.1 Å². The van der Waals surface area contributed by atoms with Crippen LogP contribution in [0.3, 0.4) is 0 Å². The summed E-state index contributed by atoms with van der Waals surface area (Å²) in [5, 5.41) is 11.1. The molecule has 1 aliphatic heterocycles. The minimum Gasteiger partial charge on any atom is -0.480 e. The van der Waals surface area contributed by atoms with Gasteiger partial charge in [-0.3, -0.25) is 4.79 Å². The summed E-state index contributed by atoms with van der Waals surface area (Å²) >= 11 is 1.28. The van der Waals surface area contributed by atoms with E-state index in [1.54, 1.807) is 5.38 Å². The van der Waals surface area contributed by atoms with Crippen molar-refractivity contribution in [2.75, 3.05) is 12.3 Å². The van der Waals surface area contributed by atoms with Crippen LogP contribution in [0.15, 0.2) is 5.38 Å². The predicted octanol–water partition coefficient (Wildman–Crippen LogP) is 0.343. The van der Waals surface area contributed by atoms with Crippen LogP contribution in [-0.4, -0.2) is 39.5 Å². The Balaban J connectivity index is 2.02. The lowest BCUT2D eigenvalue weighted by Gasteiger charge is -2.20. The topological polar surface area (TPSA) is 96.5 Å². The monoisotopic (exact) mass is 255 g/mol. The first-order valence-electron chi connectivity index (χ1n) is 5.30. The zero-order chi connectivity index (χ0) is 12.4. The maximum absolute atomic E-state index is 11.9. The number of likely N-dealkylation sites (tertiary alicyclic amines) is 1. The zero-order valence-electron chi connectivity index (χ0n) is 9.13. The van der Waals surface area contributed by atoms with Crippen molar-refractivity contribution in [3.05, 3.63) is 11.1 Å². The number of rotatable bonds is 3. The molecule has 92 valence electrons. The second-order valence-corrected chi connectivity index (χ2v) is 4.83. The Bertz CT molecular complexity index is 446. The number of amides is 1. The van der Waals surface area contributed by atoms with Crippen LogP contribution in [0.2, 0.25) is 0 Å². The molecule has 1 atom stereocenters. The number of hydrogen-bond acceptors (Lipinski definition) is 5. The number of nitrogens with zero attached hydrogens (tertiary/aromatic N) is 2. The summed E-state index contributed by atoms with van der Waals surface area (Å²) in [7, 11) is 0. The average Bonchev–Trinajstić information content (AvgIpc) is 2.86. The van der Waals surface area contributed by atoms with Crippen LogP contribution in [-0.2, 0) is 16.0 Å². The van der Waals surface area contributed by atoms with Gasteiger partial charge in [0.2, 0.25) is 5.91 Å². The van der Waals surface area contributed by atoms with Crippen LogP contribution in [0.4, 0.5) is 5.13 Å². The quantitative estimate of drug-likeness (QED) is 0.812. The molecule has 1 amide bonds. The molecular formula is C10H13N3O3S. The highest BCUT2D eigenvalue weighted by Crippen LogP contribution is 2.19. The molecule has 0 bridgehead atoms. The maximum Gasteiger partial charge on any atom is 0.326 e. The molecule has 1 aromatic heterocycles. The number of carbonyl (C=O) groups is 2. The Labute approximate surface area is 102 Å². The average molecular weight is 255 g/mol. The minimum absolute atomic E-state index is 0.123. The first-order chi connectivity index (χ1) is 8.08. The van der Waals surface area contributed by atoms with E-state index >= 15 is 0 Å². The fourth-order valence-electron chi connectivity index (χ4n) is 1.98. The van der Waals surface area contributed by atoms with Crippen LogP contribution in [0.5, 0.6) is 0 Å². The third-order valence-electron chi connectivity index (χ3n) is 2.76. The van der Waals surface area contributed by atoms with Gasteiger partial charge in [-0.2, -0.15) is 0 Å². The van der Waals surface area contributed by atoms with Gasteiger partial charge in [0.25, 0.3) is 0 Å². The Morgan fingerprint density at radius 3 is 3.00 bits per heavy atom. The molecule has 2 heterocycles. The van der Waals surface area contributed by atoms with E-state index in [4.69, 9.17) is 10.8 Å². The van der Waals surface area contributed by atoms with Crippen LogP contribution < -0.4 is 5.73 Å². The summed E-state index contributed by atoms with van der Waals surface area (Å²) in [6.07, 6.45) is 1.39. The number of anilines is 1. The number of thiazole rings is 1. The largest absolute Gasteiger partial charge is 0.480 e. The van der Waals surface area contributed by atoms with Crippen molar-refractivity contribution in [3.63, 3.8) is 0 Å². The van der Waals surface area contributed by atoms with Gasteiger partial charge in [0.15, 0.2) is 5.13 Å². The molecule has 17 heavy (non-hydrogen) atoms. The molecule has 6 nitrogen and oxygen atoms in total. The van der Waals surface area contributed by atoms with Gasteiger partial charge < -0.3 is 15.7 Å². The number of aliphatic carboxylic acids is 1. The highest BCUT2D eigenvalue weighted by molar-refractivity contribution is 7.13. The lowest BCUT2D eigenvalue weighted by Crippen LogP contribution is -2.41. The highest BCUT2D eigenvalue weighted by atomic mass is 32.1. The van der Waals surface area contributed by atoms with Gasteiger partial charge in [0, 0.05) is 11.9 Å². The summed E-state index contributed by atoms with van der Waals surface area (Å²) in [6, 6.07) is -0.682. The molecular weight excluding hydrogens is 242 g/mol. The van der Waals surface area contributed by atoms with Crippen LogP contribution in [0, 0.1) is 0 Å². The third-order valence-corrected chi connectivity index (χ3v) is 3.48. The molecule has 0 spiro atoms. The number of nitrogens with two attached hydrogens (primary N) is 1. The Morgan fingerprint density at radius 2 is 2.41 bits per heavy atom. The number of aromatic nitrogens is 1. The highest BCUT2D eigenvalue weighted by Gasteiger charge is 2.33. The molecule has 1 fully saturated rings. The van der Waals surface area contributed by atoms with E-state index in [1.165, 1.54) is 16.2 Å². The molecule has 0 aromatic carbocycles. The van der Waals surface area contributed by atoms with Crippen LogP contribution in [0.25, 0.3) is 0 Å². The van der Waals surface area contributed by atoms with Gasteiger partial charge in [-0.1, -0.05) is 0 Å². The van der Waals surface area contributed by atoms with Crippen molar-refractivity contribution in [1.82, 2.24) is 9.88 Å².